The molecule has 1 N–H and O–H groups in total. The van der Waals surface area contributed by atoms with Gasteiger partial charge in [-0.3, -0.25) is 4.79 Å². The topological polar surface area (TPSA) is 54.9 Å². The maximum atomic E-state index is 12.0. The van der Waals surface area contributed by atoms with Crippen molar-refractivity contribution in [2.24, 2.45) is 0 Å². The second-order valence-electron chi connectivity index (χ2n) is 3.88. The van der Waals surface area contributed by atoms with Crippen molar-refractivity contribution in [2.45, 2.75) is 19.8 Å². The summed E-state index contributed by atoms with van der Waals surface area (Å²) in [7, 11) is 0. The van der Waals surface area contributed by atoms with Crippen LogP contribution in [0.3, 0.4) is 0 Å². The van der Waals surface area contributed by atoms with E-state index in [1.165, 1.54) is 6.20 Å². The van der Waals surface area contributed by atoms with Gasteiger partial charge >= 0.3 is 0 Å². The van der Waals surface area contributed by atoms with Crippen molar-refractivity contribution in [1.82, 2.24) is 15.5 Å². The van der Waals surface area contributed by atoms with Crippen molar-refractivity contribution >= 4 is 16.8 Å². The van der Waals surface area contributed by atoms with Crippen LogP contribution in [0.15, 0.2) is 30.5 Å². The van der Waals surface area contributed by atoms with E-state index in [2.05, 4.69) is 22.4 Å². The van der Waals surface area contributed by atoms with E-state index in [0.717, 1.165) is 23.7 Å². The third kappa shape index (κ3) is 2.58. The number of rotatable bonds is 4. The van der Waals surface area contributed by atoms with Gasteiger partial charge in [0.05, 0.1) is 17.3 Å². The summed E-state index contributed by atoms with van der Waals surface area (Å²) in [6.45, 7) is 2.79. The predicted octanol–water partition coefficient (Wildman–Crippen LogP) is 2.16. The summed E-state index contributed by atoms with van der Waals surface area (Å²) in [5.41, 5.74) is 1.34. The van der Waals surface area contributed by atoms with Gasteiger partial charge in [-0.2, -0.15) is 10.2 Å². The SMILES string of the molecule is CCCCNC(=O)c1cnnc2ccccc12. The molecule has 17 heavy (non-hydrogen) atoms. The smallest absolute Gasteiger partial charge is 0.253 e. The van der Waals surface area contributed by atoms with Gasteiger partial charge in [0.2, 0.25) is 0 Å². The normalized spacial score (nSPS) is 10.4. The number of unbranched alkanes of at least 4 members (excludes halogenated alkanes) is 1. The minimum Gasteiger partial charge on any atom is -0.352 e. The molecule has 1 amide bonds. The molecule has 0 saturated carbocycles. The molecular formula is C13H15N3O. The maximum absolute atomic E-state index is 12.0. The van der Waals surface area contributed by atoms with Crippen LogP contribution in [0.4, 0.5) is 0 Å². The number of hydrogen-bond acceptors (Lipinski definition) is 3. The Morgan fingerprint density at radius 1 is 1.35 bits per heavy atom. The van der Waals surface area contributed by atoms with Crippen molar-refractivity contribution in [1.29, 1.82) is 0 Å². The van der Waals surface area contributed by atoms with E-state index in [-0.39, 0.29) is 5.91 Å². The minimum atomic E-state index is -0.0791. The summed E-state index contributed by atoms with van der Waals surface area (Å²) < 4.78 is 0. The highest BCUT2D eigenvalue weighted by Crippen LogP contribution is 2.14. The first-order valence-electron chi connectivity index (χ1n) is 5.81. The lowest BCUT2D eigenvalue weighted by Crippen LogP contribution is -2.24. The van der Waals surface area contributed by atoms with Gasteiger partial charge in [-0.15, -0.1) is 0 Å². The third-order valence-electron chi connectivity index (χ3n) is 2.61. The lowest BCUT2D eigenvalue weighted by atomic mass is 10.1. The van der Waals surface area contributed by atoms with Crippen LogP contribution in [-0.2, 0) is 0 Å². The van der Waals surface area contributed by atoms with Gasteiger partial charge in [0.1, 0.15) is 0 Å². The molecule has 4 nitrogen and oxygen atoms in total. The summed E-state index contributed by atoms with van der Waals surface area (Å²) >= 11 is 0. The molecule has 1 heterocycles. The van der Waals surface area contributed by atoms with E-state index in [9.17, 15) is 4.79 Å². The van der Waals surface area contributed by atoms with Crippen LogP contribution in [0.25, 0.3) is 10.9 Å². The molecule has 0 unspecified atom stereocenters. The number of hydrogen-bond donors (Lipinski definition) is 1. The number of amides is 1. The lowest BCUT2D eigenvalue weighted by Gasteiger charge is -2.06. The first kappa shape index (κ1) is 11.5. The van der Waals surface area contributed by atoms with Gasteiger partial charge in [-0.05, 0) is 12.5 Å². The average molecular weight is 229 g/mol. The Morgan fingerprint density at radius 2 is 2.18 bits per heavy atom. The summed E-state index contributed by atoms with van der Waals surface area (Å²) in [5.74, 6) is -0.0791. The molecule has 0 aliphatic rings. The van der Waals surface area contributed by atoms with Gasteiger partial charge in [-0.25, -0.2) is 0 Å². The van der Waals surface area contributed by atoms with Gasteiger partial charge in [-0.1, -0.05) is 31.5 Å². The molecule has 1 aromatic heterocycles. The monoisotopic (exact) mass is 229 g/mol. The van der Waals surface area contributed by atoms with Crippen molar-refractivity contribution in [3.63, 3.8) is 0 Å². The van der Waals surface area contributed by atoms with E-state index in [0.29, 0.717) is 12.1 Å². The van der Waals surface area contributed by atoms with E-state index in [1.807, 2.05) is 24.3 Å². The average Bonchev–Trinajstić information content (AvgIpc) is 2.38. The first-order valence-corrected chi connectivity index (χ1v) is 5.81. The zero-order valence-electron chi connectivity index (χ0n) is 9.81. The molecule has 0 radical (unpaired) electrons. The highest BCUT2D eigenvalue weighted by atomic mass is 16.1. The van der Waals surface area contributed by atoms with E-state index >= 15 is 0 Å². The number of carbonyl (C=O) groups is 1. The number of nitrogens with one attached hydrogen (secondary N) is 1. The van der Waals surface area contributed by atoms with E-state index in [1.54, 1.807) is 0 Å². The highest BCUT2D eigenvalue weighted by molar-refractivity contribution is 6.05. The van der Waals surface area contributed by atoms with Crippen LogP contribution in [0.2, 0.25) is 0 Å². The lowest BCUT2D eigenvalue weighted by molar-refractivity contribution is 0.0954. The van der Waals surface area contributed by atoms with Crippen molar-refractivity contribution in [2.75, 3.05) is 6.54 Å². The first-order chi connectivity index (χ1) is 8.33. The second kappa shape index (κ2) is 5.39. The maximum Gasteiger partial charge on any atom is 0.253 e. The molecule has 0 aliphatic heterocycles. The molecule has 2 aromatic rings. The largest absolute Gasteiger partial charge is 0.352 e. The fraction of sp³-hybridized carbons (Fsp3) is 0.308. The van der Waals surface area contributed by atoms with E-state index < -0.39 is 0 Å². The fourth-order valence-electron chi connectivity index (χ4n) is 1.66. The molecule has 0 aliphatic carbocycles. The van der Waals surface area contributed by atoms with Crippen LogP contribution >= 0.6 is 0 Å². The Kier molecular flexibility index (Phi) is 3.65. The van der Waals surface area contributed by atoms with Gasteiger partial charge in [0.25, 0.3) is 5.91 Å². The molecule has 0 bridgehead atoms. The van der Waals surface area contributed by atoms with Crippen LogP contribution < -0.4 is 5.32 Å². The summed E-state index contributed by atoms with van der Waals surface area (Å²) in [5, 5.41) is 11.6. The number of nitrogens with zero attached hydrogens (tertiary/aromatic N) is 2. The molecular weight excluding hydrogens is 214 g/mol. The summed E-state index contributed by atoms with van der Waals surface area (Å²) in [6, 6.07) is 7.52. The zero-order chi connectivity index (χ0) is 12.1. The quantitative estimate of drug-likeness (QED) is 0.817. The Bertz CT molecular complexity index is 520. The van der Waals surface area contributed by atoms with Crippen molar-refractivity contribution in [3.05, 3.63) is 36.0 Å². The Balaban J connectivity index is 2.26. The second-order valence-corrected chi connectivity index (χ2v) is 3.88. The van der Waals surface area contributed by atoms with Crippen molar-refractivity contribution in [3.8, 4) is 0 Å². The van der Waals surface area contributed by atoms with Crippen LogP contribution in [-0.4, -0.2) is 22.6 Å². The molecule has 1 aromatic carbocycles. The Labute approximate surface area is 100 Å². The molecule has 0 atom stereocenters. The third-order valence-corrected chi connectivity index (χ3v) is 2.61. The zero-order valence-corrected chi connectivity index (χ0v) is 9.81. The molecule has 2 rings (SSSR count). The van der Waals surface area contributed by atoms with Gasteiger partial charge in [0, 0.05) is 11.9 Å². The number of carbonyl (C=O) groups excluding carboxylic acids is 1. The predicted molar refractivity (Wildman–Crippen MR) is 66.8 cm³/mol. The molecule has 0 fully saturated rings. The van der Waals surface area contributed by atoms with Crippen molar-refractivity contribution < 1.29 is 4.79 Å². The fourth-order valence-corrected chi connectivity index (χ4v) is 1.66. The summed E-state index contributed by atoms with van der Waals surface area (Å²) in [4.78, 5) is 12.0. The van der Waals surface area contributed by atoms with Gasteiger partial charge in [0.15, 0.2) is 0 Å². The Hall–Kier alpha value is -1.97. The number of aromatic nitrogens is 2. The van der Waals surface area contributed by atoms with Crippen LogP contribution in [0.1, 0.15) is 30.1 Å². The van der Waals surface area contributed by atoms with Gasteiger partial charge < -0.3 is 5.32 Å². The van der Waals surface area contributed by atoms with E-state index in [4.69, 9.17) is 0 Å². The minimum absolute atomic E-state index is 0.0791. The van der Waals surface area contributed by atoms with Crippen LogP contribution in [0.5, 0.6) is 0 Å². The Morgan fingerprint density at radius 3 is 3.00 bits per heavy atom. The molecule has 0 spiro atoms. The standard InChI is InChI=1S/C13H15N3O/c1-2-3-8-14-13(17)11-9-15-16-12-7-5-4-6-10(11)12/h4-7,9H,2-3,8H2,1H3,(H,14,17). The number of benzene rings is 1. The number of fused-ring (bicyclic) bond motifs is 1. The summed E-state index contributed by atoms with van der Waals surface area (Å²) in [6.07, 6.45) is 3.57. The van der Waals surface area contributed by atoms with Crippen LogP contribution in [0, 0.1) is 0 Å². The molecule has 88 valence electrons. The molecule has 4 heteroatoms. The highest BCUT2D eigenvalue weighted by Gasteiger charge is 2.09. The molecule has 0 saturated heterocycles.